The summed E-state index contributed by atoms with van der Waals surface area (Å²) < 4.78 is 0. The van der Waals surface area contributed by atoms with Gasteiger partial charge in [0.15, 0.2) is 0 Å². The fraction of sp³-hybridized carbons (Fsp3) is 0.462. The lowest BCUT2D eigenvalue weighted by molar-refractivity contribution is -0.385. The van der Waals surface area contributed by atoms with Gasteiger partial charge in [0, 0.05) is 23.9 Å². The van der Waals surface area contributed by atoms with Gasteiger partial charge in [0.05, 0.1) is 10.8 Å². The Morgan fingerprint density at radius 3 is 2.85 bits per heavy atom. The van der Waals surface area contributed by atoms with Crippen molar-refractivity contribution < 1.29 is 9.72 Å². The van der Waals surface area contributed by atoms with Crippen molar-refractivity contribution in [2.24, 2.45) is 5.92 Å². The summed E-state index contributed by atoms with van der Waals surface area (Å²) in [5, 5.41) is 16.8. The predicted octanol–water partition coefficient (Wildman–Crippen LogP) is 2.26. The molecule has 0 spiro atoms. The number of nitrogens with zero attached hydrogens (tertiary/aromatic N) is 1. The van der Waals surface area contributed by atoms with Crippen molar-refractivity contribution >= 4 is 29.7 Å². The van der Waals surface area contributed by atoms with Crippen molar-refractivity contribution in [2.75, 3.05) is 18.4 Å². The van der Waals surface area contributed by atoms with Crippen LogP contribution in [0.1, 0.15) is 18.4 Å². The van der Waals surface area contributed by atoms with Crippen molar-refractivity contribution in [3.05, 3.63) is 33.9 Å². The molecule has 1 saturated heterocycles. The Balaban J connectivity index is 0.00000200. The van der Waals surface area contributed by atoms with E-state index in [1.807, 2.05) is 0 Å². The van der Waals surface area contributed by atoms with E-state index in [1.165, 1.54) is 6.07 Å². The number of amides is 1. The molecule has 1 aliphatic rings. The summed E-state index contributed by atoms with van der Waals surface area (Å²) in [6.45, 7) is 3.29. The third kappa shape index (κ3) is 3.91. The zero-order chi connectivity index (χ0) is 13.8. The number of piperidine rings is 1. The molecule has 1 aromatic carbocycles. The average molecular weight is 300 g/mol. The first-order valence-corrected chi connectivity index (χ1v) is 6.34. The smallest absolute Gasteiger partial charge is 0.274 e. The first kappa shape index (κ1) is 16.4. The van der Waals surface area contributed by atoms with Gasteiger partial charge in [-0.1, -0.05) is 6.07 Å². The molecule has 20 heavy (non-hydrogen) atoms. The fourth-order valence-corrected chi connectivity index (χ4v) is 2.20. The molecule has 0 aliphatic carbocycles. The topological polar surface area (TPSA) is 84.3 Å². The van der Waals surface area contributed by atoms with E-state index in [2.05, 4.69) is 10.6 Å². The lowest BCUT2D eigenvalue weighted by Gasteiger charge is -2.21. The molecular formula is C13H18ClN3O3. The van der Waals surface area contributed by atoms with E-state index in [1.54, 1.807) is 19.1 Å². The van der Waals surface area contributed by atoms with Crippen LogP contribution in [-0.2, 0) is 4.79 Å². The third-order valence-electron chi connectivity index (χ3n) is 3.34. The van der Waals surface area contributed by atoms with E-state index < -0.39 is 4.92 Å². The van der Waals surface area contributed by atoms with Gasteiger partial charge >= 0.3 is 0 Å². The maximum absolute atomic E-state index is 12.0. The number of rotatable bonds is 3. The lowest BCUT2D eigenvalue weighted by Crippen LogP contribution is -2.37. The van der Waals surface area contributed by atoms with E-state index in [4.69, 9.17) is 0 Å². The van der Waals surface area contributed by atoms with Crippen LogP contribution in [0.25, 0.3) is 0 Å². The lowest BCUT2D eigenvalue weighted by atomic mass is 9.99. The van der Waals surface area contributed by atoms with E-state index in [9.17, 15) is 14.9 Å². The Hall–Kier alpha value is -1.66. The molecule has 0 radical (unpaired) electrons. The molecule has 0 unspecified atom stereocenters. The van der Waals surface area contributed by atoms with Crippen molar-refractivity contribution in [3.8, 4) is 0 Å². The van der Waals surface area contributed by atoms with E-state index in [0.29, 0.717) is 17.8 Å². The summed E-state index contributed by atoms with van der Waals surface area (Å²) in [6.07, 6.45) is 1.83. The number of benzene rings is 1. The van der Waals surface area contributed by atoms with Crippen LogP contribution in [0.4, 0.5) is 11.4 Å². The van der Waals surface area contributed by atoms with Crippen LogP contribution in [0.3, 0.4) is 0 Å². The molecule has 2 rings (SSSR count). The molecule has 1 heterocycles. The summed E-state index contributed by atoms with van der Waals surface area (Å²) >= 11 is 0. The van der Waals surface area contributed by atoms with Gasteiger partial charge in [-0.15, -0.1) is 12.4 Å². The number of carbonyl (C=O) groups excluding carboxylic acids is 1. The highest BCUT2D eigenvalue weighted by Crippen LogP contribution is 2.23. The van der Waals surface area contributed by atoms with Crippen LogP contribution in [0.15, 0.2) is 18.2 Å². The first-order valence-electron chi connectivity index (χ1n) is 6.34. The molecular weight excluding hydrogens is 282 g/mol. The number of anilines is 1. The number of halogens is 1. The normalized spacial score (nSPS) is 17.9. The third-order valence-corrected chi connectivity index (χ3v) is 3.34. The van der Waals surface area contributed by atoms with Gasteiger partial charge in [0.1, 0.15) is 0 Å². The number of hydrogen-bond acceptors (Lipinski definition) is 4. The van der Waals surface area contributed by atoms with Crippen LogP contribution < -0.4 is 10.6 Å². The van der Waals surface area contributed by atoms with Crippen LogP contribution in [0.2, 0.25) is 0 Å². The average Bonchev–Trinajstić information content (AvgIpc) is 2.41. The van der Waals surface area contributed by atoms with Crippen LogP contribution in [0.5, 0.6) is 0 Å². The summed E-state index contributed by atoms with van der Waals surface area (Å²) in [5.74, 6) is -0.139. The molecule has 110 valence electrons. The Bertz CT molecular complexity index is 502. The Morgan fingerprint density at radius 1 is 1.50 bits per heavy atom. The second-order valence-corrected chi connectivity index (χ2v) is 4.79. The summed E-state index contributed by atoms with van der Waals surface area (Å²) in [6, 6.07) is 4.74. The van der Waals surface area contributed by atoms with Gasteiger partial charge in [-0.2, -0.15) is 0 Å². The number of nitro groups is 1. The van der Waals surface area contributed by atoms with Crippen LogP contribution in [0, 0.1) is 23.0 Å². The summed E-state index contributed by atoms with van der Waals surface area (Å²) in [4.78, 5) is 22.4. The maximum atomic E-state index is 12.0. The first-order chi connectivity index (χ1) is 9.08. The van der Waals surface area contributed by atoms with Crippen LogP contribution in [-0.4, -0.2) is 23.9 Å². The minimum atomic E-state index is -0.437. The predicted molar refractivity (Wildman–Crippen MR) is 79.3 cm³/mol. The van der Waals surface area contributed by atoms with Gasteiger partial charge in [0.25, 0.3) is 5.69 Å². The van der Waals surface area contributed by atoms with E-state index in [-0.39, 0.29) is 29.9 Å². The number of hydrogen-bond donors (Lipinski definition) is 2. The minimum absolute atomic E-state index is 0. The molecule has 0 aromatic heterocycles. The van der Waals surface area contributed by atoms with E-state index in [0.717, 1.165) is 19.4 Å². The zero-order valence-corrected chi connectivity index (χ0v) is 12.0. The van der Waals surface area contributed by atoms with Gasteiger partial charge in [0.2, 0.25) is 5.91 Å². The molecule has 0 saturated carbocycles. The van der Waals surface area contributed by atoms with Crippen molar-refractivity contribution in [3.63, 3.8) is 0 Å². The fourth-order valence-electron chi connectivity index (χ4n) is 2.20. The highest BCUT2D eigenvalue weighted by molar-refractivity contribution is 5.93. The minimum Gasteiger partial charge on any atom is -0.326 e. The number of nitrogens with one attached hydrogen (secondary N) is 2. The molecule has 1 aromatic rings. The summed E-state index contributed by atoms with van der Waals surface area (Å²) in [7, 11) is 0. The summed E-state index contributed by atoms with van der Waals surface area (Å²) in [5.41, 5.74) is 1.09. The largest absolute Gasteiger partial charge is 0.326 e. The molecule has 1 fully saturated rings. The van der Waals surface area contributed by atoms with Crippen LogP contribution >= 0.6 is 12.4 Å². The standard InChI is InChI=1S/C13H17N3O3.ClH/c1-9-4-5-11(7-12(9)16(18)19)15-13(17)10-3-2-6-14-8-10;/h4-5,7,10,14H,2-3,6,8H2,1H3,(H,15,17);1H/t10-;/m1./s1. The Kier molecular flexibility index (Phi) is 5.91. The maximum Gasteiger partial charge on any atom is 0.274 e. The second kappa shape index (κ2) is 7.21. The SMILES string of the molecule is Cc1ccc(NC(=O)[C@@H]2CCCNC2)cc1[N+](=O)[O-].Cl. The van der Waals surface area contributed by atoms with Gasteiger partial charge < -0.3 is 10.6 Å². The molecule has 6 nitrogen and oxygen atoms in total. The number of carbonyl (C=O) groups is 1. The molecule has 1 atom stereocenters. The van der Waals surface area contributed by atoms with E-state index >= 15 is 0 Å². The van der Waals surface area contributed by atoms with Crippen molar-refractivity contribution in [1.82, 2.24) is 5.32 Å². The van der Waals surface area contributed by atoms with Gasteiger partial charge in [-0.25, -0.2) is 0 Å². The van der Waals surface area contributed by atoms with Crippen molar-refractivity contribution in [1.29, 1.82) is 0 Å². The van der Waals surface area contributed by atoms with Crippen molar-refractivity contribution in [2.45, 2.75) is 19.8 Å². The van der Waals surface area contributed by atoms with Gasteiger partial charge in [-0.3, -0.25) is 14.9 Å². The zero-order valence-electron chi connectivity index (χ0n) is 11.2. The second-order valence-electron chi connectivity index (χ2n) is 4.79. The molecule has 2 N–H and O–H groups in total. The quantitative estimate of drug-likeness (QED) is 0.662. The molecule has 1 amide bonds. The monoisotopic (exact) mass is 299 g/mol. The number of aryl methyl sites for hydroxylation is 1. The Labute approximate surface area is 123 Å². The highest BCUT2D eigenvalue weighted by atomic mass is 35.5. The molecule has 0 bridgehead atoms. The number of nitro benzene ring substituents is 1. The highest BCUT2D eigenvalue weighted by Gasteiger charge is 2.21. The molecule has 1 aliphatic heterocycles. The molecule has 7 heteroatoms. The van der Waals surface area contributed by atoms with Gasteiger partial charge in [-0.05, 0) is 32.4 Å². The Morgan fingerprint density at radius 2 is 2.25 bits per heavy atom.